The van der Waals surface area contributed by atoms with Gasteiger partial charge in [-0.2, -0.15) is 4.98 Å². The van der Waals surface area contributed by atoms with Crippen LogP contribution < -0.4 is 11.5 Å². The molecule has 5 nitrogen and oxygen atoms in total. The van der Waals surface area contributed by atoms with Gasteiger partial charge in [0.05, 0.1) is 6.61 Å². The maximum absolute atomic E-state index is 5.58. The Bertz CT molecular complexity index is 264. The molecule has 0 radical (unpaired) electrons. The molecule has 12 heavy (non-hydrogen) atoms. The summed E-state index contributed by atoms with van der Waals surface area (Å²) >= 11 is 0. The average Bonchev–Trinajstić information content (AvgIpc) is 2.03. The van der Waals surface area contributed by atoms with Crippen molar-refractivity contribution in [3.05, 3.63) is 11.8 Å². The van der Waals surface area contributed by atoms with Crippen molar-refractivity contribution >= 4 is 11.8 Å². The van der Waals surface area contributed by atoms with Crippen molar-refractivity contribution in [1.82, 2.24) is 9.97 Å². The Labute approximate surface area is 70.8 Å². The fourth-order valence-electron chi connectivity index (χ4n) is 0.839. The predicted octanol–water partition coefficient (Wildman–Crippen LogP) is -0.170. The lowest BCUT2D eigenvalue weighted by Gasteiger charge is -2.03. The summed E-state index contributed by atoms with van der Waals surface area (Å²) in [5, 5.41) is 0. The molecule has 4 N–H and O–H groups in total. The fourth-order valence-corrected chi connectivity index (χ4v) is 0.839. The van der Waals surface area contributed by atoms with Gasteiger partial charge in [-0.15, -0.1) is 0 Å². The molecule has 0 aliphatic rings. The van der Waals surface area contributed by atoms with Gasteiger partial charge in [-0.05, 0) is 0 Å². The zero-order valence-corrected chi connectivity index (χ0v) is 6.95. The van der Waals surface area contributed by atoms with Crippen LogP contribution in [-0.4, -0.2) is 23.7 Å². The second kappa shape index (κ2) is 3.87. The molecule has 0 unspecified atom stereocenters. The molecular formula is C7H12N4O. The fraction of sp³-hybridized carbons (Fsp3) is 0.429. The summed E-state index contributed by atoms with van der Waals surface area (Å²) in [7, 11) is 1.63. The van der Waals surface area contributed by atoms with Crippen LogP contribution in [0.25, 0.3) is 0 Å². The quantitative estimate of drug-likeness (QED) is 0.654. The number of nitrogens with zero attached hydrogens (tertiary/aromatic N) is 2. The third-order valence-electron chi connectivity index (χ3n) is 1.49. The number of methoxy groups -OCH3 is 1. The standard InChI is InChI=1S/C7H12N4O/c1-12-3-2-5-4-10-7(9)11-6(5)8/h4H,2-3H2,1H3,(H4,8,9,10,11). The number of hydrogen-bond acceptors (Lipinski definition) is 5. The maximum atomic E-state index is 5.58. The van der Waals surface area contributed by atoms with Crippen molar-refractivity contribution in [2.75, 3.05) is 25.2 Å². The van der Waals surface area contributed by atoms with E-state index in [4.69, 9.17) is 16.2 Å². The van der Waals surface area contributed by atoms with Gasteiger partial charge < -0.3 is 16.2 Å². The number of rotatable bonds is 3. The lowest BCUT2D eigenvalue weighted by Crippen LogP contribution is -2.05. The molecule has 1 aromatic heterocycles. The minimum atomic E-state index is 0.202. The summed E-state index contributed by atoms with van der Waals surface area (Å²) in [6.45, 7) is 0.609. The minimum Gasteiger partial charge on any atom is -0.384 e. The first-order valence-electron chi connectivity index (χ1n) is 3.60. The van der Waals surface area contributed by atoms with Crippen molar-refractivity contribution < 1.29 is 4.74 Å². The summed E-state index contributed by atoms with van der Waals surface area (Å²) in [6.07, 6.45) is 2.33. The van der Waals surface area contributed by atoms with E-state index in [0.717, 1.165) is 5.56 Å². The molecule has 0 aliphatic heterocycles. The minimum absolute atomic E-state index is 0.202. The van der Waals surface area contributed by atoms with E-state index in [9.17, 15) is 0 Å². The summed E-state index contributed by atoms with van der Waals surface area (Å²) in [5.41, 5.74) is 11.8. The lowest BCUT2D eigenvalue weighted by molar-refractivity contribution is 0.202. The number of ether oxygens (including phenoxy) is 1. The first-order valence-corrected chi connectivity index (χ1v) is 3.60. The van der Waals surface area contributed by atoms with E-state index in [2.05, 4.69) is 9.97 Å². The predicted molar refractivity (Wildman–Crippen MR) is 46.4 cm³/mol. The second-order valence-corrected chi connectivity index (χ2v) is 2.38. The maximum Gasteiger partial charge on any atom is 0.221 e. The van der Waals surface area contributed by atoms with E-state index < -0.39 is 0 Å². The highest BCUT2D eigenvalue weighted by atomic mass is 16.5. The summed E-state index contributed by atoms with van der Waals surface area (Å²) in [5.74, 6) is 0.633. The number of anilines is 2. The molecular weight excluding hydrogens is 156 g/mol. The Morgan fingerprint density at radius 1 is 1.50 bits per heavy atom. The molecule has 0 bridgehead atoms. The first kappa shape index (κ1) is 8.73. The Balaban J connectivity index is 2.72. The van der Waals surface area contributed by atoms with Crippen LogP contribution in [0.1, 0.15) is 5.56 Å². The molecule has 1 rings (SSSR count). The lowest BCUT2D eigenvalue weighted by atomic mass is 10.2. The average molecular weight is 168 g/mol. The van der Waals surface area contributed by atoms with Crippen LogP contribution in [0.5, 0.6) is 0 Å². The van der Waals surface area contributed by atoms with Gasteiger partial charge in [0.1, 0.15) is 5.82 Å². The van der Waals surface area contributed by atoms with Crippen molar-refractivity contribution in [2.24, 2.45) is 0 Å². The van der Waals surface area contributed by atoms with Gasteiger partial charge in [0, 0.05) is 25.3 Å². The van der Waals surface area contributed by atoms with Gasteiger partial charge >= 0.3 is 0 Å². The van der Waals surface area contributed by atoms with Gasteiger partial charge in [0.25, 0.3) is 0 Å². The van der Waals surface area contributed by atoms with Crippen LogP contribution >= 0.6 is 0 Å². The summed E-state index contributed by atoms with van der Waals surface area (Å²) in [6, 6.07) is 0. The van der Waals surface area contributed by atoms with E-state index >= 15 is 0 Å². The molecule has 1 aromatic rings. The molecule has 0 saturated heterocycles. The van der Waals surface area contributed by atoms with Crippen LogP contribution in [-0.2, 0) is 11.2 Å². The van der Waals surface area contributed by atoms with Crippen molar-refractivity contribution in [3.63, 3.8) is 0 Å². The highest BCUT2D eigenvalue weighted by Gasteiger charge is 2.00. The molecule has 0 saturated carbocycles. The molecule has 0 aromatic carbocycles. The van der Waals surface area contributed by atoms with Crippen molar-refractivity contribution in [3.8, 4) is 0 Å². The van der Waals surface area contributed by atoms with E-state index in [0.29, 0.717) is 18.8 Å². The first-order chi connectivity index (χ1) is 5.74. The van der Waals surface area contributed by atoms with Crippen LogP contribution in [0.4, 0.5) is 11.8 Å². The third kappa shape index (κ3) is 2.06. The van der Waals surface area contributed by atoms with Gasteiger partial charge in [-0.25, -0.2) is 4.98 Å². The zero-order chi connectivity index (χ0) is 8.97. The monoisotopic (exact) mass is 168 g/mol. The Morgan fingerprint density at radius 2 is 2.25 bits per heavy atom. The normalized spacial score (nSPS) is 10.1. The van der Waals surface area contributed by atoms with Gasteiger partial charge in [-0.3, -0.25) is 0 Å². The molecule has 0 aliphatic carbocycles. The highest BCUT2D eigenvalue weighted by Crippen LogP contribution is 2.08. The Hall–Kier alpha value is -1.36. The Morgan fingerprint density at radius 3 is 2.83 bits per heavy atom. The van der Waals surface area contributed by atoms with Crippen LogP contribution in [0, 0.1) is 0 Å². The van der Waals surface area contributed by atoms with Gasteiger partial charge in [-0.1, -0.05) is 0 Å². The number of aromatic nitrogens is 2. The summed E-state index contributed by atoms with van der Waals surface area (Å²) < 4.78 is 4.89. The molecule has 0 fully saturated rings. The number of nitrogen functional groups attached to an aromatic ring is 2. The summed E-state index contributed by atoms with van der Waals surface area (Å²) in [4.78, 5) is 7.64. The van der Waals surface area contributed by atoms with Crippen molar-refractivity contribution in [2.45, 2.75) is 6.42 Å². The van der Waals surface area contributed by atoms with E-state index in [1.54, 1.807) is 13.3 Å². The van der Waals surface area contributed by atoms with Crippen LogP contribution in [0.2, 0.25) is 0 Å². The molecule has 0 spiro atoms. The van der Waals surface area contributed by atoms with Crippen molar-refractivity contribution in [1.29, 1.82) is 0 Å². The van der Waals surface area contributed by atoms with Crippen LogP contribution in [0.15, 0.2) is 6.20 Å². The zero-order valence-electron chi connectivity index (χ0n) is 6.95. The van der Waals surface area contributed by atoms with E-state index in [1.807, 2.05) is 0 Å². The smallest absolute Gasteiger partial charge is 0.221 e. The molecule has 5 heteroatoms. The van der Waals surface area contributed by atoms with Crippen LogP contribution in [0.3, 0.4) is 0 Å². The van der Waals surface area contributed by atoms with Gasteiger partial charge in [0.2, 0.25) is 5.95 Å². The Kier molecular flexibility index (Phi) is 2.82. The van der Waals surface area contributed by atoms with Gasteiger partial charge in [0.15, 0.2) is 0 Å². The third-order valence-corrected chi connectivity index (χ3v) is 1.49. The number of nitrogens with two attached hydrogens (primary N) is 2. The number of hydrogen-bond donors (Lipinski definition) is 2. The molecule has 0 atom stereocenters. The largest absolute Gasteiger partial charge is 0.384 e. The van der Waals surface area contributed by atoms with E-state index in [1.165, 1.54) is 0 Å². The molecule has 66 valence electrons. The highest BCUT2D eigenvalue weighted by molar-refractivity contribution is 5.41. The topological polar surface area (TPSA) is 87.0 Å². The molecule has 1 heterocycles. The molecule has 0 amide bonds. The second-order valence-electron chi connectivity index (χ2n) is 2.38. The van der Waals surface area contributed by atoms with E-state index in [-0.39, 0.29) is 5.95 Å². The SMILES string of the molecule is COCCc1cnc(N)nc1N.